The van der Waals surface area contributed by atoms with Gasteiger partial charge in [-0.3, -0.25) is 4.79 Å². The van der Waals surface area contributed by atoms with Gasteiger partial charge in [0.15, 0.2) is 0 Å². The molecular weight excluding hydrogens is 288 g/mol. The van der Waals surface area contributed by atoms with E-state index in [1.807, 2.05) is 26.1 Å². The van der Waals surface area contributed by atoms with E-state index < -0.39 is 0 Å². The standard InChI is InChI=1S/C15H19ClN4O/c1-11-14(15(21)18-9-3-8-17-2)10-20(19-11)13-6-4-12(16)5-7-13/h4-7,10,17H,3,8-9H2,1-2H3,(H,18,21). The predicted octanol–water partition coefficient (Wildman–Crippen LogP) is 2.17. The maximum Gasteiger partial charge on any atom is 0.254 e. The Hall–Kier alpha value is -1.85. The minimum atomic E-state index is -0.0937. The molecule has 0 fully saturated rings. The van der Waals surface area contributed by atoms with Gasteiger partial charge in [-0.1, -0.05) is 11.6 Å². The number of benzene rings is 1. The smallest absolute Gasteiger partial charge is 0.254 e. The Morgan fingerprint density at radius 1 is 1.29 bits per heavy atom. The molecule has 0 spiro atoms. The van der Waals surface area contributed by atoms with Crippen LogP contribution in [0.1, 0.15) is 22.5 Å². The van der Waals surface area contributed by atoms with E-state index in [9.17, 15) is 4.79 Å². The summed E-state index contributed by atoms with van der Waals surface area (Å²) in [7, 11) is 1.89. The average Bonchev–Trinajstić information content (AvgIpc) is 2.86. The van der Waals surface area contributed by atoms with Crippen molar-refractivity contribution >= 4 is 17.5 Å². The lowest BCUT2D eigenvalue weighted by molar-refractivity contribution is 0.0952. The molecule has 0 aliphatic rings. The monoisotopic (exact) mass is 306 g/mol. The van der Waals surface area contributed by atoms with Gasteiger partial charge in [0.05, 0.1) is 16.9 Å². The maximum atomic E-state index is 12.1. The lowest BCUT2D eigenvalue weighted by Gasteiger charge is -2.03. The van der Waals surface area contributed by atoms with Crippen molar-refractivity contribution in [2.24, 2.45) is 0 Å². The van der Waals surface area contributed by atoms with Gasteiger partial charge in [0.2, 0.25) is 0 Å². The number of rotatable bonds is 6. The molecule has 6 heteroatoms. The molecular formula is C15H19ClN4O. The Bertz CT molecular complexity index is 607. The van der Waals surface area contributed by atoms with Crippen LogP contribution >= 0.6 is 11.6 Å². The summed E-state index contributed by atoms with van der Waals surface area (Å²) >= 11 is 5.87. The summed E-state index contributed by atoms with van der Waals surface area (Å²) in [6.45, 7) is 3.35. The van der Waals surface area contributed by atoms with Gasteiger partial charge in [0.25, 0.3) is 5.91 Å². The highest BCUT2D eigenvalue weighted by atomic mass is 35.5. The zero-order valence-corrected chi connectivity index (χ0v) is 12.9. The van der Waals surface area contributed by atoms with Crippen molar-refractivity contribution in [1.29, 1.82) is 0 Å². The fourth-order valence-electron chi connectivity index (χ4n) is 1.97. The van der Waals surface area contributed by atoms with E-state index in [0.29, 0.717) is 22.8 Å². The van der Waals surface area contributed by atoms with Gasteiger partial charge >= 0.3 is 0 Å². The number of hydrogen-bond acceptors (Lipinski definition) is 3. The molecule has 0 bridgehead atoms. The number of aryl methyl sites for hydroxylation is 1. The van der Waals surface area contributed by atoms with Crippen molar-refractivity contribution in [1.82, 2.24) is 20.4 Å². The van der Waals surface area contributed by atoms with Crippen LogP contribution in [0.5, 0.6) is 0 Å². The van der Waals surface area contributed by atoms with Crippen LogP contribution in [0.15, 0.2) is 30.5 Å². The lowest BCUT2D eigenvalue weighted by atomic mass is 10.2. The third-order valence-electron chi connectivity index (χ3n) is 3.12. The second-order valence-electron chi connectivity index (χ2n) is 4.76. The molecule has 21 heavy (non-hydrogen) atoms. The van der Waals surface area contributed by atoms with Gasteiger partial charge in [-0.05, 0) is 51.2 Å². The normalized spacial score (nSPS) is 10.6. The molecule has 2 N–H and O–H groups in total. The number of carbonyl (C=O) groups excluding carboxylic acids is 1. The molecule has 2 rings (SSSR count). The number of nitrogens with one attached hydrogen (secondary N) is 2. The van der Waals surface area contributed by atoms with Gasteiger partial charge in [-0.25, -0.2) is 4.68 Å². The summed E-state index contributed by atoms with van der Waals surface area (Å²) < 4.78 is 1.69. The van der Waals surface area contributed by atoms with Crippen molar-refractivity contribution < 1.29 is 4.79 Å². The second kappa shape index (κ2) is 7.24. The molecule has 0 aliphatic carbocycles. The first-order valence-electron chi connectivity index (χ1n) is 6.87. The largest absolute Gasteiger partial charge is 0.352 e. The summed E-state index contributed by atoms with van der Waals surface area (Å²) in [5.41, 5.74) is 2.17. The van der Waals surface area contributed by atoms with Crippen LogP contribution in [0.4, 0.5) is 0 Å². The highest BCUT2D eigenvalue weighted by Crippen LogP contribution is 2.15. The first kappa shape index (κ1) is 15.5. The first-order valence-corrected chi connectivity index (χ1v) is 7.24. The number of carbonyl (C=O) groups is 1. The zero-order valence-electron chi connectivity index (χ0n) is 12.2. The number of hydrogen-bond donors (Lipinski definition) is 2. The number of halogens is 1. The highest BCUT2D eigenvalue weighted by molar-refractivity contribution is 6.30. The fourth-order valence-corrected chi connectivity index (χ4v) is 2.10. The van der Waals surface area contributed by atoms with Crippen molar-refractivity contribution in [3.63, 3.8) is 0 Å². The highest BCUT2D eigenvalue weighted by Gasteiger charge is 2.13. The number of nitrogens with zero attached hydrogens (tertiary/aromatic N) is 2. The van der Waals surface area contributed by atoms with E-state index in [1.165, 1.54) is 0 Å². The molecule has 1 aromatic carbocycles. The molecule has 0 saturated heterocycles. The van der Waals surface area contributed by atoms with Crippen molar-refractivity contribution in [3.8, 4) is 5.69 Å². The molecule has 1 aromatic heterocycles. The molecule has 0 aliphatic heterocycles. The van der Waals surface area contributed by atoms with Crippen molar-refractivity contribution in [2.75, 3.05) is 20.1 Å². The van der Waals surface area contributed by atoms with Crippen molar-refractivity contribution in [3.05, 3.63) is 46.7 Å². The van der Waals surface area contributed by atoms with Crippen LogP contribution < -0.4 is 10.6 Å². The Balaban J connectivity index is 2.08. The molecule has 0 atom stereocenters. The van der Waals surface area contributed by atoms with Crippen LogP contribution in [-0.2, 0) is 0 Å². The molecule has 0 radical (unpaired) electrons. The van der Waals surface area contributed by atoms with Crippen LogP contribution in [0.2, 0.25) is 5.02 Å². The summed E-state index contributed by atoms with van der Waals surface area (Å²) in [6.07, 6.45) is 2.64. The SMILES string of the molecule is CNCCCNC(=O)c1cn(-c2ccc(Cl)cc2)nc1C. The number of amides is 1. The van der Waals surface area contributed by atoms with Gasteiger partial charge in [0.1, 0.15) is 0 Å². The summed E-state index contributed by atoms with van der Waals surface area (Å²) in [6, 6.07) is 7.32. The molecule has 2 aromatic rings. The van der Waals surface area contributed by atoms with Crippen molar-refractivity contribution in [2.45, 2.75) is 13.3 Å². The molecule has 5 nitrogen and oxygen atoms in total. The molecule has 112 valence electrons. The average molecular weight is 307 g/mol. The molecule has 0 saturated carbocycles. The van der Waals surface area contributed by atoms with E-state index in [2.05, 4.69) is 15.7 Å². The summed E-state index contributed by atoms with van der Waals surface area (Å²) in [4.78, 5) is 12.1. The number of aromatic nitrogens is 2. The quantitative estimate of drug-likeness (QED) is 0.804. The van der Waals surface area contributed by atoms with E-state index in [4.69, 9.17) is 11.6 Å². The van der Waals surface area contributed by atoms with Crippen LogP contribution in [0, 0.1) is 6.92 Å². The van der Waals surface area contributed by atoms with E-state index in [-0.39, 0.29) is 5.91 Å². The molecule has 0 unspecified atom stereocenters. The predicted molar refractivity (Wildman–Crippen MR) is 84.2 cm³/mol. The Morgan fingerprint density at radius 3 is 2.67 bits per heavy atom. The summed E-state index contributed by atoms with van der Waals surface area (Å²) in [5.74, 6) is -0.0937. The van der Waals surface area contributed by atoms with Gasteiger partial charge in [-0.15, -0.1) is 0 Å². The Labute approximate surface area is 129 Å². The minimum Gasteiger partial charge on any atom is -0.352 e. The van der Waals surface area contributed by atoms with Gasteiger partial charge in [-0.2, -0.15) is 5.10 Å². The van der Waals surface area contributed by atoms with Gasteiger partial charge < -0.3 is 10.6 Å². The molecule has 1 amide bonds. The van der Waals surface area contributed by atoms with E-state index in [0.717, 1.165) is 18.7 Å². The Morgan fingerprint density at radius 2 is 2.00 bits per heavy atom. The third kappa shape index (κ3) is 4.06. The topological polar surface area (TPSA) is 58.9 Å². The van der Waals surface area contributed by atoms with E-state index in [1.54, 1.807) is 23.0 Å². The van der Waals surface area contributed by atoms with Crippen LogP contribution in [0.3, 0.4) is 0 Å². The van der Waals surface area contributed by atoms with E-state index >= 15 is 0 Å². The lowest BCUT2D eigenvalue weighted by Crippen LogP contribution is -2.26. The molecule has 1 heterocycles. The second-order valence-corrected chi connectivity index (χ2v) is 5.20. The Kier molecular flexibility index (Phi) is 5.36. The van der Waals surface area contributed by atoms with Gasteiger partial charge in [0, 0.05) is 17.8 Å². The minimum absolute atomic E-state index is 0.0937. The van der Waals surface area contributed by atoms with Crippen LogP contribution in [0.25, 0.3) is 5.69 Å². The fraction of sp³-hybridized carbons (Fsp3) is 0.333. The first-order chi connectivity index (χ1) is 10.1. The summed E-state index contributed by atoms with van der Waals surface area (Å²) in [5, 5.41) is 11.0. The zero-order chi connectivity index (χ0) is 15.2. The van der Waals surface area contributed by atoms with Crippen LogP contribution in [-0.4, -0.2) is 35.8 Å². The third-order valence-corrected chi connectivity index (χ3v) is 3.38. The maximum absolute atomic E-state index is 12.1.